The van der Waals surface area contributed by atoms with E-state index < -0.39 is 15.8 Å². The molecule has 21 heavy (non-hydrogen) atoms. The summed E-state index contributed by atoms with van der Waals surface area (Å²) in [5.74, 6) is -0.766. The Morgan fingerprint density at radius 3 is 2.48 bits per heavy atom. The topological polar surface area (TPSA) is 58.2 Å². The van der Waals surface area contributed by atoms with Crippen molar-refractivity contribution in [3.8, 4) is 0 Å². The van der Waals surface area contributed by atoms with Crippen LogP contribution in [0.5, 0.6) is 0 Å². The number of hydrogen-bond acceptors (Lipinski definition) is 3. The number of anilines is 1. The Hall–Kier alpha value is -1.63. The zero-order valence-corrected chi connectivity index (χ0v) is 12.8. The number of hydrogen-bond donors (Lipinski definition) is 2. The summed E-state index contributed by atoms with van der Waals surface area (Å²) < 4.78 is 40.7. The molecule has 0 aliphatic carbocycles. The third-order valence-corrected chi connectivity index (χ3v) is 4.56. The van der Waals surface area contributed by atoms with E-state index in [1.165, 1.54) is 6.07 Å². The zero-order chi connectivity index (χ0) is 15.5. The summed E-state index contributed by atoms with van der Waals surface area (Å²) in [6.45, 7) is 0.268. The largest absolute Gasteiger partial charge is 0.316 e. The third kappa shape index (κ3) is 3.72. The Morgan fingerprint density at radius 1 is 1.19 bits per heavy atom. The molecule has 0 unspecified atom stereocenters. The molecule has 2 N–H and O–H groups in total. The van der Waals surface area contributed by atoms with Crippen LogP contribution in [0.2, 0.25) is 5.02 Å². The van der Waals surface area contributed by atoms with E-state index in [-0.39, 0.29) is 16.5 Å². The van der Waals surface area contributed by atoms with Crippen LogP contribution >= 0.6 is 11.6 Å². The minimum Gasteiger partial charge on any atom is -0.316 e. The third-order valence-electron chi connectivity index (χ3n) is 2.78. The fourth-order valence-electron chi connectivity index (χ4n) is 1.81. The molecular formula is C14H14ClFN2O2S. The van der Waals surface area contributed by atoms with Crippen molar-refractivity contribution in [2.45, 2.75) is 11.4 Å². The van der Waals surface area contributed by atoms with Gasteiger partial charge in [-0.05, 0) is 36.9 Å². The van der Waals surface area contributed by atoms with Gasteiger partial charge in [0.25, 0.3) is 10.0 Å². The van der Waals surface area contributed by atoms with Crippen LogP contribution in [0.3, 0.4) is 0 Å². The summed E-state index contributed by atoms with van der Waals surface area (Å²) in [6, 6.07) is 10.7. The van der Waals surface area contributed by atoms with E-state index >= 15 is 0 Å². The normalized spacial score (nSPS) is 11.4. The van der Waals surface area contributed by atoms with Crippen LogP contribution < -0.4 is 10.0 Å². The van der Waals surface area contributed by atoms with Crippen molar-refractivity contribution < 1.29 is 12.8 Å². The molecule has 0 aromatic heterocycles. The lowest BCUT2D eigenvalue weighted by Crippen LogP contribution is -2.15. The van der Waals surface area contributed by atoms with Crippen LogP contribution in [0.15, 0.2) is 47.4 Å². The predicted molar refractivity (Wildman–Crippen MR) is 81.4 cm³/mol. The van der Waals surface area contributed by atoms with E-state index in [1.807, 2.05) is 0 Å². The molecule has 4 nitrogen and oxygen atoms in total. The highest BCUT2D eigenvalue weighted by Gasteiger charge is 2.19. The zero-order valence-electron chi connectivity index (χ0n) is 11.2. The summed E-state index contributed by atoms with van der Waals surface area (Å²) in [4.78, 5) is -0.168. The first-order valence-electron chi connectivity index (χ1n) is 6.14. The molecule has 0 bridgehead atoms. The lowest BCUT2D eigenvalue weighted by atomic mass is 10.2. The number of nitrogens with one attached hydrogen (secondary N) is 2. The van der Waals surface area contributed by atoms with Gasteiger partial charge in [0, 0.05) is 12.2 Å². The van der Waals surface area contributed by atoms with Crippen LogP contribution in [-0.2, 0) is 16.6 Å². The summed E-state index contributed by atoms with van der Waals surface area (Å²) in [5.41, 5.74) is 0.788. The van der Waals surface area contributed by atoms with Gasteiger partial charge in [-0.2, -0.15) is 0 Å². The summed E-state index contributed by atoms with van der Waals surface area (Å²) in [5, 5.41) is 2.73. The van der Waals surface area contributed by atoms with Crippen molar-refractivity contribution in [1.82, 2.24) is 5.32 Å². The number of sulfonamides is 1. The standard InChI is InChI=1S/C14H14ClFN2O2S/c1-17-9-10-7-12(8-13(16)14(10)15)21(19,20)18-11-5-3-2-4-6-11/h2-8,17-18H,9H2,1H3. The summed E-state index contributed by atoms with van der Waals surface area (Å²) in [6.07, 6.45) is 0. The van der Waals surface area contributed by atoms with E-state index in [0.29, 0.717) is 11.3 Å². The van der Waals surface area contributed by atoms with Crippen molar-refractivity contribution in [2.24, 2.45) is 0 Å². The Kier molecular flexibility index (Phi) is 4.82. The van der Waals surface area contributed by atoms with Gasteiger partial charge in [0.2, 0.25) is 0 Å². The van der Waals surface area contributed by atoms with Crippen molar-refractivity contribution in [1.29, 1.82) is 0 Å². The molecule has 0 radical (unpaired) electrons. The number of rotatable bonds is 5. The molecule has 2 rings (SSSR count). The molecular weight excluding hydrogens is 315 g/mol. The molecule has 0 spiro atoms. The lowest BCUT2D eigenvalue weighted by Gasteiger charge is -2.11. The van der Waals surface area contributed by atoms with E-state index in [9.17, 15) is 12.8 Å². The second-order valence-electron chi connectivity index (χ2n) is 4.38. The first kappa shape index (κ1) is 15.8. The quantitative estimate of drug-likeness (QED) is 0.887. The summed E-state index contributed by atoms with van der Waals surface area (Å²) in [7, 11) is -2.21. The minimum absolute atomic E-state index is 0.0805. The van der Waals surface area contributed by atoms with Gasteiger partial charge in [-0.1, -0.05) is 29.8 Å². The van der Waals surface area contributed by atoms with E-state index in [2.05, 4.69) is 10.0 Å². The number of para-hydroxylation sites is 1. The van der Waals surface area contributed by atoms with E-state index in [1.54, 1.807) is 37.4 Å². The maximum Gasteiger partial charge on any atom is 0.262 e. The van der Waals surface area contributed by atoms with Crippen molar-refractivity contribution in [3.05, 3.63) is 58.9 Å². The monoisotopic (exact) mass is 328 g/mol. The van der Waals surface area contributed by atoms with E-state index in [4.69, 9.17) is 11.6 Å². The maximum atomic E-state index is 13.8. The van der Waals surface area contributed by atoms with Gasteiger partial charge in [-0.25, -0.2) is 12.8 Å². The fraction of sp³-hybridized carbons (Fsp3) is 0.143. The van der Waals surface area contributed by atoms with Gasteiger partial charge in [-0.3, -0.25) is 4.72 Å². The number of benzene rings is 2. The van der Waals surface area contributed by atoms with Gasteiger partial charge in [0.1, 0.15) is 5.82 Å². The molecule has 0 saturated heterocycles. The number of halogens is 2. The van der Waals surface area contributed by atoms with Gasteiger partial charge >= 0.3 is 0 Å². The van der Waals surface area contributed by atoms with Crippen LogP contribution in [-0.4, -0.2) is 15.5 Å². The first-order chi connectivity index (χ1) is 9.94. The fourth-order valence-corrected chi connectivity index (χ4v) is 3.11. The highest BCUT2D eigenvalue weighted by molar-refractivity contribution is 7.92. The Bertz CT molecular complexity index is 736. The first-order valence-corrected chi connectivity index (χ1v) is 8.00. The second kappa shape index (κ2) is 6.43. The smallest absolute Gasteiger partial charge is 0.262 e. The van der Waals surface area contributed by atoms with Crippen molar-refractivity contribution in [2.75, 3.05) is 11.8 Å². The highest BCUT2D eigenvalue weighted by Crippen LogP contribution is 2.25. The van der Waals surface area contributed by atoms with Crippen molar-refractivity contribution >= 4 is 27.3 Å². The molecule has 0 heterocycles. The molecule has 7 heteroatoms. The second-order valence-corrected chi connectivity index (χ2v) is 6.44. The predicted octanol–water partition coefficient (Wildman–Crippen LogP) is 3.00. The van der Waals surface area contributed by atoms with E-state index in [0.717, 1.165) is 6.07 Å². The Balaban J connectivity index is 2.40. The minimum atomic E-state index is -3.87. The van der Waals surface area contributed by atoms with Crippen LogP contribution in [0.25, 0.3) is 0 Å². The Morgan fingerprint density at radius 2 is 1.86 bits per heavy atom. The molecule has 0 fully saturated rings. The highest BCUT2D eigenvalue weighted by atomic mass is 35.5. The van der Waals surface area contributed by atoms with Crippen LogP contribution in [0, 0.1) is 5.82 Å². The summed E-state index contributed by atoms with van der Waals surface area (Å²) >= 11 is 5.82. The average Bonchev–Trinajstić information content (AvgIpc) is 2.44. The molecule has 112 valence electrons. The maximum absolute atomic E-state index is 13.8. The van der Waals surface area contributed by atoms with Gasteiger partial charge < -0.3 is 5.32 Å². The van der Waals surface area contributed by atoms with Gasteiger partial charge in [-0.15, -0.1) is 0 Å². The molecule has 0 saturated carbocycles. The molecule has 0 atom stereocenters. The molecule has 2 aromatic rings. The molecule has 0 aliphatic rings. The van der Waals surface area contributed by atoms with Crippen LogP contribution in [0.4, 0.5) is 10.1 Å². The van der Waals surface area contributed by atoms with Gasteiger partial charge in [0.05, 0.1) is 9.92 Å². The Labute approximate surface area is 128 Å². The molecule has 2 aromatic carbocycles. The van der Waals surface area contributed by atoms with Crippen molar-refractivity contribution in [3.63, 3.8) is 0 Å². The van der Waals surface area contributed by atoms with Gasteiger partial charge in [0.15, 0.2) is 0 Å². The SMILES string of the molecule is CNCc1cc(S(=O)(=O)Nc2ccccc2)cc(F)c1Cl. The molecule has 0 amide bonds. The lowest BCUT2D eigenvalue weighted by molar-refractivity contribution is 0.594. The van der Waals surface area contributed by atoms with Crippen LogP contribution in [0.1, 0.15) is 5.56 Å². The average molecular weight is 329 g/mol. The molecule has 0 aliphatic heterocycles.